The largest absolute Gasteiger partial charge is 0.456 e. The van der Waals surface area contributed by atoms with E-state index in [-0.39, 0.29) is 11.9 Å². The van der Waals surface area contributed by atoms with Gasteiger partial charge in [0.1, 0.15) is 5.76 Å². The molecule has 0 fully saturated rings. The molecule has 0 saturated heterocycles. The molecule has 0 amide bonds. The van der Waals surface area contributed by atoms with Crippen molar-refractivity contribution in [3.05, 3.63) is 35.3 Å². The van der Waals surface area contributed by atoms with Crippen LogP contribution >= 0.6 is 0 Å². The van der Waals surface area contributed by atoms with Crippen molar-refractivity contribution in [1.29, 1.82) is 0 Å². The lowest BCUT2D eigenvalue weighted by Gasteiger charge is -2.02. The molecule has 0 aliphatic heterocycles. The average Bonchev–Trinajstić information content (AvgIpc) is 2.68. The van der Waals surface area contributed by atoms with Gasteiger partial charge in [-0.3, -0.25) is 0 Å². The summed E-state index contributed by atoms with van der Waals surface area (Å²) in [5, 5.41) is 0.814. The Bertz CT molecular complexity index is 451. The maximum atomic E-state index is 13.4. The van der Waals surface area contributed by atoms with Gasteiger partial charge in [0.25, 0.3) is 0 Å². The Hall–Kier alpha value is -1.35. The molecule has 2 rings (SSSR count). The van der Waals surface area contributed by atoms with E-state index in [4.69, 9.17) is 10.2 Å². The van der Waals surface area contributed by atoms with Crippen LogP contribution in [0.15, 0.2) is 22.6 Å². The summed E-state index contributed by atoms with van der Waals surface area (Å²) in [7, 11) is 0. The summed E-state index contributed by atoms with van der Waals surface area (Å²) >= 11 is 0. The number of halogens is 1. The first-order valence-electron chi connectivity index (χ1n) is 5.07. The molecule has 1 aromatic heterocycles. The number of aryl methyl sites for hydroxylation is 1. The van der Waals surface area contributed by atoms with Crippen molar-refractivity contribution in [2.45, 2.75) is 26.3 Å². The van der Waals surface area contributed by atoms with Gasteiger partial charge in [-0.15, -0.1) is 0 Å². The SMILES string of the molecule is CCC(N)c1cc2c(C)ccc(F)c2o1. The Morgan fingerprint density at radius 1 is 1.47 bits per heavy atom. The first-order valence-corrected chi connectivity index (χ1v) is 5.07. The van der Waals surface area contributed by atoms with Gasteiger partial charge in [-0.1, -0.05) is 13.0 Å². The number of nitrogens with two attached hydrogens (primary N) is 1. The van der Waals surface area contributed by atoms with Crippen LogP contribution < -0.4 is 5.73 Å². The monoisotopic (exact) mass is 207 g/mol. The molecule has 1 unspecified atom stereocenters. The van der Waals surface area contributed by atoms with E-state index in [0.717, 1.165) is 17.4 Å². The summed E-state index contributed by atoms with van der Waals surface area (Å²) < 4.78 is 18.8. The minimum Gasteiger partial charge on any atom is -0.456 e. The van der Waals surface area contributed by atoms with E-state index in [1.54, 1.807) is 6.07 Å². The molecule has 2 aromatic rings. The van der Waals surface area contributed by atoms with Crippen LogP contribution in [-0.2, 0) is 0 Å². The van der Waals surface area contributed by atoms with Crippen molar-refractivity contribution in [2.24, 2.45) is 5.73 Å². The summed E-state index contributed by atoms with van der Waals surface area (Å²) in [4.78, 5) is 0. The highest BCUT2D eigenvalue weighted by Gasteiger charge is 2.14. The Morgan fingerprint density at radius 3 is 2.80 bits per heavy atom. The number of furan rings is 1. The number of fused-ring (bicyclic) bond motifs is 1. The molecule has 0 bridgehead atoms. The van der Waals surface area contributed by atoms with Gasteiger partial charge in [0.15, 0.2) is 11.4 Å². The van der Waals surface area contributed by atoms with Crippen LogP contribution in [0.2, 0.25) is 0 Å². The fraction of sp³-hybridized carbons (Fsp3) is 0.333. The highest BCUT2D eigenvalue weighted by atomic mass is 19.1. The Balaban J connectivity index is 2.64. The molecule has 0 spiro atoms. The fourth-order valence-electron chi connectivity index (χ4n) is 1.63. The van der Waals surface area contributed by atoms with Crippen LogP contribution in [0.3, 0.4) is 0 Å². The molecular weight excluding hydrogens is 193 g/mol. The molecule has 0 radical (unpaired) electrons. The zero-order valence-electron chi connectivity index (χ0n) is 8.88. The van der Waals surface area contributed by atoms with E-state index in [0.29, 0.717) is 11.3 Å². The highest BCUT2D eigenvalue weighted by molar-refractivity contribution is 5.82. The Morgan fingerprint density at radius 2 is 2.20 bits per heavy atom. The molecule has 15 heavy (non-hydrogen) atoms. The summed E-state index contributed by atoms with van der Waals surface area (Å²) in [5.41, 5.74) is 7.16. The number of benzene rings is 1. The second kappa shape index (κ2) is 3.66. The van der Waals surface area contributed by atoms with E-state index in [9.17, 15) is 4.39 Å². The van der Waals surface area contributed by atoms with Crippen molar-refractivity contribution >= 4 is 11.0 Å². The zero-order valence-corrected chi connectivity index (χ0v) is 8.88. The summed E-state index contributed by atoms with van der Waals surface area (Å²) in [6, 6.07) is 4.84. The first-order chi connectivity index (χ1) is 7.13. The smallest absolute Gasteiger partial charge is 0.170 e. The Kier molecular flexibility index (Phi) is 2.49. The quantitative estimate of drug-likeness (QED) is 0.820. The molecule has 0 saturated carbocycles. The van der Waals surface area contributed by atoms with E-state index in [1.165, 1.54) is 6.07 Å². The number of hydrogen-bond donors (Lipinski definition) is 1. The molecule has 2 nitrogen and oxygen atoms in total. The normalized spacial score (nSPS) is 13.3. The summed E-state index contributed by atoms with van der Waals surface area (Å²) in [6.45, 7) is 3.90. The van der Waals surface area contributed by atoms with E-state index >= 15 is 0 Å². The molecule has 3 heteroatoms. The van der Waals surface area contributed by atoms with Crippen molar-refractivity contribution in [3.63, 3.8) is 0 Å². The summed E-state index contributed by atoms with van der Waals surface area (Å²) in [5.74, 6) is 0.325. The molecule has 0 aliphatic rings. The van der Waals surface area contributed by atoms with Gasteiger partial charge in [-0.05, 0) is 31.0 Å². The van der Waals surface area contributed by atoms with E-state index in [2.05, 4.69) is 0 Å². The second-order valence-corrected chi connectivity index (χ2v) is 3.77. The van der Waals surface area contributed by atoms with Gasteiger partial charge in [0.05, 0.1) is 6.04 Å². The average molecular weight is 207 g/mol. The van der Waals surface area contributed by atoms with Crippen molar-refractivity contribution < 1.29 is 8.81 Å². The van der Waals surface area contributed by atoms with Gasteiger partial charge in [-0.2, -0.15) is 0 Å². The molecule has 1 heterocycles. The van der Waals surface area contributed by atoms with Crippen LogP contribution in [0, 0.1) is 12.7 Å². The van der Waals surface area contributed by atoms with Crippen molar-refractivity contribution in [2.75, 3.05) is 0 Å². The fourth-order valence-corrected chi connectivity index (χ4v) is 1.63. The Labute approximate surface area is 87.9 Å². The molecule has 1 atom stereocenters. The lowest BCUT2D eigenvalue weighted by atomic mass is 10.1. The maximum absolute atomic E-state index is 13.4. The summed E-state index contributed by atoms with van der Waals surface area (Å²) in [6.07, 6.45) is 0.778. The third-order valence-corrected chi connectivity index (χ3v) is 2.68. The minimum atomic E-state index is -0.329. The third-order valence-electron chi connectivity index (χ3n) is 2.68. The van der Waals surface area contributed by atoms with Gasteiger partial charge in [0, 0.05) is 5.39 Å². The van der Waals surface area contributed by atoms with Gasteiger partial charge in [0.2, 0.25) is 0 Å². The third kappa shape index (κ3) is 1.63. The first kappa shape index (κ1) is 10.2. The topological polar surface area (TPSA) is 39.2 Å². The molecule has 80 valence electrons. The van der Waals surface area contributed by atoms with Crippen LogP contribution in [0.25, 0.3) is 11.0 Å². The lowest BCUT2D eigenvalue weighted by Crippen LogP contribution is -2.06. The van der Waals surface area contributed by atoms with Gasteiger partial charge in [-0.25, -0.2) is 4.39 Å². The maximum Gasteiger partial charge on any atom is 0.170 e. The zero-order chi connectivity index (χ0) is 11.0. The van der Waals surface area contributed by atoms with E-state index in [1.807, 2.05) is 19.9 Å². The minimum absolute atomic E-state index is 0.156. The molecule has 1 aromatic carbocycles. The van der Waals surface area contributed by atoms with Crippen LogP contribution in [-0.4, -0.2) is 0 Å². The van der Waals surface area contributed by atoms with Gasteiger partial charge < -0.3 is 10.2 Å². The predicted molar refractivity (Wildman–Crippen MR) is 58.1 cm³/mol. The molecule has 0 aliphatic carbocycles. The standard InChI is InChI=1S/C12H14FNO/c1-3-10(14)11-6-8-7(2)4-5-9(13)12(8)15-11/h4-6,10H,3,14H2,1-2H3. The highest BCUT2D eigenvalue weighted by Crippen LogP contribution is 2.28. The van der Waals surface area contributed by atoms with Crippen molar-refractivity contribution in [3.8, 4) is 0 Å². The van der Waals surface area contributed by atoms with Crippen LogP contribution in [0.5, 0.6) is 0 Å². The van der Waals surface area contributed by atoms with Crippen LogP contribution in [0.4, 0.5) is 4.39 Å². The second-order valence-electron chi connectivity index (χ2n) is 3.77. The van der Waals surface area contributed by atoms with Crippen molar-refractivity contribution in [1.82, 2.24) is 0 Å². The van der Waals surface area contributed by atoms with Gasteiger partial charge >= 0.3 is 0 Å². The number of hydrogen-bond acceptors (Lipinski definition) is 2. The molecular formula is C12H14FNO. The lowest BCUT2D eigenvalue weighted by molar-refractivity contribution is 0.473. The number of rotatable bonds is 2. The van der Waals surface area contributed by atoms with Crippen LogP contribution in [0.1, 0.15) is 30.7 Å². The van der Waals surface area contributed by atoms with E-state index < -0.39 is 0 Å². The predicted octanol–water partition coefficient (Wildman–Crippen LogP) is 3.29. The molecule has 2 N–H and O–H groups in total.